The molecular weight excluding hydrogens is 523 g/mol. The smallest absolute Gasteiger partial charge is 0.193 e. The van der Waals surface area contributed by atoms with Gasteiger partial charge in [-0.15, -0.1) is 24.0 Å². The molecular formula is C23H43IN4O2S. The largest absolute Gasteiger partial charge is 0.376 e. The van der Waals surface area contributed by atoms with Gasteiger partial charge in [-0.3, -0.25) is 9.89 Å². The first-order valence-corrected chi connectivity index (χ1v) is 13.5. The topological polar surface area (TPSA) is 49.3 Å². The Morgan fingerprint density at radius 3 is 2.45 bits per heavy atom. The molecule has 4 rings (SSSR count). The van der Waals surface area contributed by atoms with Crippen LogP contribution in [0.5, 0.6) is 0 Å². The van der Waals surface area contributed by atoms with Crippen molar-refractivity contribution in [3.63, 3.8) is 0 Å². The highest BCUT2D eigenvalue weighted by Crippen LogP contribution is 2.36. The number of halogens is 1. The number of likely N-dealkylation sites (tertiary alicyclic amines) is 1. The third-order valence-corrected chi connectivity index (χ3v) is 8.48. The number of thioether (sulfide) groups is 1. The maximum Gasteiger partial charge on any atom is 0.193 e. The van der Waals surface area contributed by atoms with Crippen LogP contribution in [-0.2, 0) is 9.47 Å². The van der Waals surface area contributed by atoms with Crippen LogP contribution in [0.1, 0.15) is 57.8 Å². The van der Waals surface area contributed by atoms with E-state index in [9.17, 15) is 0 Å². The maximum atomic E-state index is 6.20. The second kappa shape index (κ2) is 13.2. The van der Waals surface area contributed by atoms with Crippen molar-refractivity contribution in [1.82, 2.24) is 15.1 Å². The van der Waals surface area contributed by atoms with Gasteiger partial charge < -0.3 is 19.7 Å². The molecule has 3 heterocycles. The van der Waals surface area contributed by atoms with Crippen molar-refractivity contribution in [2.75, 3.05) is 64.5 Å². The van der Waals surface area contributed by atoms with Crippen molar-refractivity contribution in [3.8, 4) is 0 Å². The van der Waals surface area contributed by atoms with Crippen LogP contribution in [0.4, 0.5) is 0 Å². The van der Waals surface area contributed by atoms with E-state index < -0.39 is 0 Å². The number of ether oxygens (including phenoxy) is 2. The summed E-state index contributed by atoms with van der Waals surface area (Å²) in [7, 11) is 1.93. The summed E-state index contributed by atoms with van der Waals surface area (Å²) >= 11 is 2.11. The van der Waals surface area contributed by atoms with Crippen LogP contribution in [0, 0.1) is 0 Å². The van der Waals surface area contributed by atoms with Crippen LogP contribution in [0.2, 0.25) is 0 Å². The first kappa shape index (κ1) is 25.8. The van der Waals surface area contributed by atoms with Gasteiger partial charge in [0.2, 0.25) is 0 Å². The van der Waals surface area contributed by atoms with E-state index in [1.54, 1.807) is 0 Å². The molecule has 3 saturated heterocycles. The van der Waals surface area contributed by atoms with Gasteiger partial charge in [0.25, 0.3) is 0 Å². The minimum absolute atomic E-state index is 0. The predicted octanol–water partition coefficient (Wildman–Crippen LogP) is 3.59. The molecule has 1 saturated carbocycles. The molecule has 0 aromatic heterocycles. The lowest BCUT2D eigenvalue weighted by atomic mass is 9.94. The number of rotatable bonds is 6. The maximum absolute atomic E-state index is 6.20. The Morgan fingerprint density at radius 2 is 1.81 bits per heavy atom. The molecule has 31 heavy (non-hydrogen) atoms. The first-order chi connectivity index (χ1) is 14.8. The van der Waals surface area contributed by atoms with Crippen LogP contribution in [0.3, 0.4) is 0 Å². The third kappa shape index (κ3) is 7.11. The predicted molar refractivity (Wildman–Crippen MR) is 141 cm³/mol. The molecule has 0 amide bonds. The van der Waals surface area contributed by atoms with Gasteiger partial charge in [0, 0.05) is 63.4 Å². The van der Waals surface area contributed by atoms with Crippen molar-refractivity contribution in [1.29, 1.82) is 0 Å². The van der Waals surface area contributed by atoms with Crippen LogP contribution >= 0.6 is 35.7 Å². The lowest BCUT2D eigenvalue weighted by Gasteiger charge is -2.44. The number of nitrogens with one attached hydrogen (secondary N) is 1. The number of aliphatic imine (C=N–C) groups is 1. The summed E-state index contributed by atoms with van der Waals surface area (Å²) in [5.41, 5.74) is 0.346. The Hall–Kier alpha value is 0.230. The van der Waals surface area contributed by atoms with E-state index in [0.717, 1.165) is 58.1 Å². The number of guanidine groups is 1. The SMILES string of the molecule is CN=C(NCC1(N2CCSCC2)CCCC1)N1CCC(OCC2CCCCO2)CC1.I. The van der Waals surface area contributed by atoms with Gasteiger partial charge in [-0.05, 0) is 44.9 Å². The number of nitrogens with zero attached hydrogens (tertiary/aromatic N) is 3. The molecule has 0 aromatic rings. The van der Waals surface area contributed by atoms with Crippen LogP contribution < -0.4 is 5.32 Å². The van der Waals surface area contributed by atoms with Gasteiger partial charge in [0.15, 0.2) is 5.96 Å². The number of piperidine rings is 1. The van der Waals surface area contributed by atoms with E-state index in [2.05, 4.69) is 31.9 Å². The van der Waals surface area contributed by atoms with Gasteiger partial charge in [0.05, 0.1) is 18.8 Å². The Labute approximate surface area is 210 Å². The molecule has 8 heteroatoms. The van der Waals surface area contributed by atoms with Gasteiger partial charge in [0.1, 0.15) is 0 Å². The highest BCUT2D eigenvalue weighted by atomic mass is 127. The summed E-state index contributed by atoms with van der Waals surface area (Å²) in [6, 6.07) is 0. The average molecular weight is 567 g/mol. The van der Waals surface area contributed by atoms with Crippen LogP contribution in [0.25, 0.3) is 0 Å². The van der Waals surface area contributed by atoms with Crippen molar-refractivity contribution in [3.05, 3.63) is 0 Å². The molecule has 0 spiro atoms. The van der Waals surface area contributed by atoms with Crippen molar-refractivity contribution >= 4 is 41.7 Å². The fourth-order valence-electron chi connectivity index (χ4n) is 5.67. The molecule has 4 fully saturated rings. The Morgan fingerprint density at radius 1 is 1.06 bits per heavy atom. The molecule has 4 aliphatic rings. The van der Waals surface area contributed by atoms with E-state index in [4.69, 9.17) is 9.47 Å². The highest BCUT2D eigenvalue weighted by molar-refractivity contribution is 14.0. The molecule has 0 aromatic carbocycles. The molecule has 1 atom stereocenters. The molecule has 3 aliphatic heterocycles. The number of hydrogen-bond donors (Lipinski definition) is 1. The molecule has 0 radical (unpaired) electrons. The van der Waals surface area contributed by atoms with E-state index >= 15 is 0 Å². The second-order valence-electron chi connectivity index (χ2n) is 9.44. The van der Waals surface area contributed by atoms with E-state index in [0.29, 0.717) is 17.7 Å². The monoisotopic (exact) mass is 566 g/mol. The minimum atomic E-state index is 0. The lowest BCUT2D eigenvalue weighted by Crippen LogP contribution is -2.58. The third-order valence-electron chi connectivity index (χ3n) is 7.54. The van der Waals surface area contributed by atoms with Crippen molar-refractivity contribution in [2.45, 2.75) is 75.5 Å². The first-order valence-electron chi connectivity index (χ1n) is 12.3. The van der Waals surface area contributed by atoms with Crippen molar-refractivity contribution in [2.24, 2.45) is 4.99 Å². The molecule has 6 nitrogen and oxygen atoms in total. The summed E-state index contributed by atoms with van der Waals surface area (Å²) in [6.45, 7) is 7.28. The minimum Gasteiger partial charge on any atom is -0.376 e. The lowest BCUT2D eigenvalue weighted by molar-refractivity contribution is -0.0721. The van der Waals surface area contributed by atoms with Crippen molar-refractivity contribution < 1.29 is 9.47 Å². The average Bonchev–Trinajstić information content (AvgIpc) is 3.30. The van der Waals surface area contributed by atoms with Gasteiger partial charge in [-0.25, -0.2) is 0 Å². The summed E-state index contributed by atoms with van der Waals surface area (Å²) in [5, 5.41) is 3.78. The van der Waals surface area contributed by atoms with Crippen LogP contribution in [0.15, 0.2) is 4.99 Å². The molecule has 1 unspecified atom stereocenters. The van der Waals surface area contributed by atoms with E-state index in [-0.39, 0.29) is 24.0 Å². The zero-order valence-electron chi connectivity index (χ0n) is 19.4. The second-order valence-corrected chi connectivity index (χ2v) is 10.7. The van der Waals surface area contributed by atoms with E-state index in [1.807, 2.05) is 7.05 Å². The van der Waals surface area contributed by atoms with E-state index in [1.165, 1.54) is 63.1 Å². The molecule has 0 bridgehead atoms. The standard InChI is InChI=1S/C23H42N4O2S.HI/c1-24-22(25-19-23(9-3-4-10-23)27-13-16-30-17-14-27)26-11-7-20(8-12-26)29-18-21-6-2-5-15-28-21;/h20-21H,2-19H2,1H3,(H,24,25);1H. The normalized spacial score (nSPS) is 28.4. The van der Waals surface area contributed by atoms with Gasteiger partial charge in [-0.2, -0.15) is 11.8 Å². The fraction of sp³-hybridized carbons (Fsp3) is 0.957. The van der Waals surface area contributed by atoms with Crippen LogP contribution in [-0.4, -0.2) is 98.0 Å². The Balaban J connectivity index is 0.00000272. The summed E-state index contributed by atoms with van der Waals surface area (Å²) in [4.78, 5) is 9.86. The zero-order valence-corrected chi connectivity index (χ0v) is 22.5. The van der Waals surface area contributed by atoms with Gasteiger partial charge in [-0.1, -0.05) is 12.8 Å². The molecule has 180 valence electrons. The Bertz CT molecular complexity index is 542. The van der Waals surface area contributed by atoms with Gasteiger partial charge >= 0.3 is 0 Å². The molecule has 1 aliphatic carbocycles. The Kier molecular flexibility index (Phi) is 11.0. The zero-order chi connectivity index (χ0) is 20.7. The highest BCUT2D eigenvalue weighted by Gasteiger charge is 2.40. The fourth-order valence-corrected chi connectivity index (χ4v) is 6.57. The molecule has 1 N–H and O–H groups in total. The number of hydrogen-bond acceptors (Lipinski definition) is 5. The summed E-state index contributed by atoms with van der Waals surface area (Å²) in [5.74, 6) is 3.66. The summed E-state index contributed by atoms with van der Waals surface area (Å²) in [6.07, 6.45) is 11.9. The summed E-state index contributed by atoms with van der Waals surface area (Å²) < 4.78 is 12.0. The quantitative estimate of drug-likeness (QED) is 0.302.